The van der Waals surface area contributed by atoms with Gasteiger partial charge in [-0.1, -0.05) is 6.92 Å². The molecule has 1 N–H and O–H groups in total. The third-order valence-corrected chi connectivity index (χ3v) is 2.65. The van der Waals surface area contributed by atoms with Crippen LogP contribution >= 0.6 is 11.8 Å². The molecule has 4 heteroatoms. The SMILES string of the molecule is COC(=O)CC(C)SCCCO. The fourth-order valence-corrected chi connectivity index (χ4v) is 1.68. The summed E-state index contributed by atoms with van der Waals surface area (Å²) in [6, 6.07) is 0. The Balaban J connectivity index is 3.32. The maximum Gasteiger partial charge on any atom is 0.306 e. The van der Waals surface area contributed by atoms with Gasteiger partial charge in [-0.15, -0.1) is 0 Å². The molecule has 0 aromatic heterocycles. The first-order chi connectivity index (χ1) is 5.70. The van der Waals surface area contributed by atoms with Crippen molar-refractivity contribution >= 4 is 17.7 Å². The predicted molar refractivity (Wildman–Crippen MR) is 50.3 cm³/mol. The Hall–Kier alpha value is -0.220. The predicted octanol–water partition coefficient (Wildman–Crippen LogP) is 1.05. The number of aliphatic hydroxyl groups excluding tert-OH is 1. The topological polar surface area (TPSA) is 46.5 Å². The standard InChI is InChI=1S/C8H16O3S/c1-7(6-8(10)11-2)12-5-3-4-9/h7,9H,3-6H2,1-2H3. The molecule has 0 aromatic carbocycles. The molecule has 0 heterocycles. The smallest absolute Gasteiger partial charge is 0.306 e. The Morgan fingerprint density at radius 1 is 1.67 bits per heavy atom. The lowest BCUT2D eigenvalue weighted by molar-refractivity contribution is -0.140. The molecule has 0 aliphatic heterocycles. The maximum absolute atomic E-state index is 10.8. The summed E-state index contributed by atoms with van der Waals surface area (Å²) in [5.41, 5.74) is 0. The van der Waals surface area contributed by atoms with Gasteiger partial charge in [-0.3, -0.25) is 4.79 Å². The van der Waals surface area contributed by atoms with Crippen LogP contribution in [-0.4, -0.2) is 35.8 Å². The Labute approximate surface area is 77.5 Å². The highest BCUT2D eigenvalue weighted by atomic mass is 32.2. The largest absolute Gasteiger partial charge is 0.469 e. The molecule has 0 aliphatic carbocycles. The third-order valence-electron chi connectivity index (χ3n) is 1.39. The Morgan fingerprint density at radius 3 is 2.83 bits per heavy atom. The Morgan fingerprint density at radius 2 is 2.33 bits per heavy atom. The van der Waals surface area contributed by atoms with Crippen LogP contribution in [0.2, 0.25) is 0 Å². The van der Waals surface area contributed by atoms with Crippen LogP contribution in [0.3, 0.4) is 0 Å². The molecule has 1 atom stereocenters. The molecule has 0 aliphatic rings. The molecule has 0 radical (unpaired) electrons. The highest BCUT2D eigenvalue weighted by Gasteiger charge is 2.08. The van der Waals surface area contributed by atoms with E-state index in [-0.39, 0.29) is 17.8 Å². The number of hydrogen-bond acceptors (Lipinski definition) is 4. The van der Waals surface area contributed by atoms with E-state index in [1.807, 2.05) is 6.92 Å². The second-order valence-corrected chi connectivity index (χ2v) is 4.09. The Kier molecular flexibility index (Phi) is 7.29. The summed E-state index contributed by atoms with van der Waals surface area (Å²) in [4.78, 5) is 10.8. The highest BCUT2D eigenvalue weighted by molar-refractivity contribution is 7.99. The molecule has 0 amide bonds. The fourth-order valence-electron chi connectivity index (χ4n) is 0.726. The van der Waals surface area contributed by atoms with Gasteiger partial charge in [0.2, 0.25) is 0 Å². The number of hydrogen-bond donors (Lipinski definition) is 1. The summed E-state index contributed by atoms with van der Waals surface area (Å²) in [7, 11) is 1.40. The van der Waals surface area contributed by atoms with Crippen LogP contribution in [0.5, 0.6) is 0 Å². The van der Waals surface area contributed by atoms with Crippen molar-refractivity contribution in [3.63, 3.8) is 0 Å². The second kappa shape index (κ2) is 7.43. The van der Waals surface area contributed by atoms with Crippen LogP contribution in [0.1, 0.15) is 19.8 Å². The van der Waals surface area contributed by atoms with Crippen molar-refractivity contribution < 1.29 is 14.6 Å². The van der Waals surface area contributed by atoms with Crippen molar-refractivity contribution in [3.05, 3.63) is 0 Å². The number of thioether (sulfide) groups is 1. The molecule has 0 saturated carbocycles. The summed E-state index contributed by atoms with van der Waals surface area (Å²) >= 11 is 1.68. The first-order valence-electron chi connectivity index (χ1n) is 4.00. The molecular weight excluding hydrogens is 176 g/mol. The van der Waals surface area contributed by atoms with Crippen molar-refractivity contribution in [1.82, 2.24) is 0 Å². The lowest BCUT2D eigenvalue weighted by Crippen LogP contribution is -2.09. The molecule has 12 heavy (non-hydrogen) atoms. The number of rotatable bonds is 6. The fraction of sp³-hybridized carbons (Fsp3) is 0.875. The van der Waals surface area contributed by atoms with E-state index in [1.165, 1.54) is 7.11 Å². The quantitative estimate of drug-likeness (QED) is 0.505. The van der Waals surface area contributed by atoms with E-state index in [9.17, 15) is 4.79 Å². The van der Waals surface area contributed by atoms with Gasteiger partial charge < -0.3 is 9.84 Å². The summed E-state index contributed by atoms with van der Waals surface area (Å²) in [6.07, 6.45) is 1.24. The first kappa shape index (κ1) is 11.8. The van der Waals surface area contributed by atoms with Crippen LogP contribution in [0, 0.1) is 0 Å². The normalized spacial score (nSPS) is 12.6. The van der Waals surface area contributed by atoms with E-state index in [4.69, 9.17) is 5.11 Å². The van der Waals surface area contributed by atoms with Gasteiger partial charge in [-0.2, -0.15) is 11.8 Å². The molecule has 1 unspecified atom stereocenters. The number of aliphatic hydroxyl groups is 1. The summed E-state index contributed by atoms with van der Waals surface area (Å²) in [5.74, 6) is 0.730. The van der Waals surface area contributed by atoms with Gasteiger partial charge in [0.05, 0.1) is 13.5 Å². The minimum Gasteiger partial charge on any atom is -0.469 e. The molecule has 0 bridgehead atoms. The Bertz CT molecular complexity index is 127. The zero-order valence-electron chi connectivity index (χ0n) is 7.58. The van der Waals surface area contributed by atoms with Crippen molar-refractivity contribution in [2.75, 3.05) is 19.5 Å². The van der Waals surface area contributed by atoms with Gasteiger partial charge in [0, 0.05) is 11.9 Å². The van der Waals surface area contributed by atoms with Gasteiger partial charge in [-0.05, 0) is 12.2 Å². The van der Waals surface area contributed by atoms with Crippen LogP contribution in [-0.2, 0) is 9.53 Å². The minimum absolute atomic E-state index is 0.168. The minimum atomic E-state index is -0.168. The monoisotopic (exact) mass is 192 g/mol. The first-order valence-corrected chi connectivity index (χ1v) is 5.05. The van der Waals surface area contributed by atoms with E-state index in [0.29, 0.717) is 6.42 Å². The van der Waals surface area contributed by atoms with E-state index >= 15 is 0 Å². The van der Waals surface area contributed by atoms with Gasteiger partial charge in [0.15, 0.2) is 0 Å². The summed E-state index contributed by atoms with van der Waals surface area (Å²) in [6.45, 7) is 2.21. The molecule has 0 saturated heterocycles. The molecule has 72 valence electrons. The lowest BCUT2D eigenvalue weighted by Gasteiger charge is -2.08. The molecule has 0 aromatic rings. The average Bonchev–Trinajstić information content (AvgIpc) is 2.05. The maximum atomic E-state index is 10.8. The third kappa shape index (κ3) is 6.49. The lowest BCUT2D eigenvalue weighted by atomic mass is 10.3. The van der Waals surface area contributed by atoms with Crippen molar-refractivity contribution in [2.45, 2.75) is 25.0 Å². The number of esters is 1. The van der Waals surface area contributed by atoms with Gasteiger partial charge in [-0.25, -0.2) is 0 Å². The van der Waals surface area contributed by atoms with E-state index in [1.54, 1.807) is 11.8 Å². The summed E-state index contributed by atoms with van der Waals surface area (Å²) < 4.78 is 4.53. The number of ether oxygens (including phenoxy) is 1. The van der Waals surface area contributed by atoms with E-state index in [0.717, 1.165) is 12.2 Å². The molecule has 0 spiro atoms. The zero-order chi connectivity index (χ0) is 9.40. The van der Waals surface area contributed by atoms with Crippen molar-refractivity contribution in [1.29, 1.82) is 0 Å². The summed E-state index contributed by atoms with van der Waals surface area (Å²) in [5, 5.41) is 8.78. The van der Waals surface area contributed by atoms with Crippen molar-refractivity contribution in [2.24, 2.45) is 0 Å². The zero-order valence-corrected chi connectivity index (χ0v) is 8.39. The molecular formula is C8H16O3S. The number of methoxy groups -OCH3 is 1. The van der Waals surface area contributed by atoms with Gasteiger partial charge >= 0.3 is 5.97 Å². The number of carbonyl (C=O) groups is 1. The van der Waals surface area contributed by atoms with Crippen molar-refractivity contribution in [3.8, 4) is 0 Å². The molecule has 3 nitrogen and oxygen atoms in total. The average molecular weight is 192 g/mol. The van der Waals surface area contributed by atoms with Gasteiger partial charge in [0.25, 0.3) is 0 Å². The van der Waals surface area contributed by atoms with Crippen LogP contribution in [0.15, 0.2) is 0 Å². The molecule has 0 rings (SSSR count). The molecule has 0 fully saturated rings. The van der Waals surface area contributed by atoms with Crippen LogP contribution in [0.25, 0.3) is 0 Å². The second-order valence-electron chi connectivity index (χ2n) is 2.54. The van der Waals surface area contributed by atoms with Crippen LogP contribution < -0.4 is 0 Å². The van der Waals surface area contributed by atoms with E-state index in [2.05, 4.69) is 4.74 Å². The van der Waals surface area contributed by atoms with Crippen LogP contribution in [0.4, 0.5) is 0 Å². The van der Waals surface area contributed by atoms with Gasteiger partial charge in [0.1, 0.15) is 0 Å². The number of carbonyl (C=O) groups excluding carboxylic acids is 1. The highest BCUT2D eigenvalue weighted by Crippen LogP contribution is 2.14. The van der Waals surface area contributed by atoms with E-state index < -0.39 is 0 Å².